The molecule has 0 heterocycles. The molecule has 11 aromatic rings. The molecule has 0 radical (unpaired) electrons. The zero-order valence-electron chi connectivity index (χ0n) is 41.8. The summed E-state index contributed by atoms with van der Waals surface area (Å²) in [7, 11) is 0. The SMILES string of the molecule is Cc1cc(N(c2ccccc2)c2ccccc2)ccc1-c1ccc(C(=O)c2cccc(N(c3ccccc3)c3cccc(C(=O)c4ccc(-c5ccc(N(c6ccccc6)c6ccccc6)cc5C)cc4)c3)c2)cc1. The Balaban J connectivity index is 0.825. The number of carbonyl (C=O) groups is 2. The lowest BCUT2D eigenvalue weighted by atomic mass is 9.96. The minimum atomic E-state index is -0.0790. The third-order valence-electron chi connectivity index (χ3n) is 13.7. The third-order valence-corrected chi connectivity index (χ3v) is 13.7. The molecule has 0 fully saturated rings. The van der Waals surface area contributed by atoms with Gasteiger partial charge in [-0.15, -0.1) is 0 Å². The first-order chi connectivity index (χ1) is 36.9. The van der Waals surface area contributed by atoms with Crippen LogP contribution in [0.4, 0.5) is 51.2 Å². The standard InChI is InChI=1S/C70H53N3O2/c1-50-46-65(71(58-22-8-3-9-23-58)59-24-10-4-11-25-59)42-44-67(50)52-34-38-54(39-35-52)69(74)56-20-18-32-63(48-56)73(62-30-16-7-17-31-62)64-33-19-21-57(49-64)70(75)55-40-36-53(37-41-55)68-45-43-66(47-51(68)2)72(60-26-12-5-13-27-60)61-28-14-6-15-29-61/h3-49H,1-2H3. The highest BCUT2D eigenvalue weighted by atomic mass is 16.1. The van der Waals surface area contributed by atoms with Crippen molar-refractivity contribution >= 4 is 62.8 Å². The van der Waals surface area contributed by atoms with Gasteiger partial charge in [-0.1, -0.05) is 176 Å². The predicted octanol–water partition coefficient (Wildman–Crippen LogP) is 18.5. The van der Waals surface area contributed by atoms with E-state index in [4.69, 9.17) is 0 Å². The van der Waals surface area contributed by atoms with Crippen LogP contribution in [0.25, 0.3) is 22.3 Å². The van der Waals surface area contributed by atoms with Gasteiger partial charge in [0.1, 0.15) is 0 Å². The average molecular weight is 968 g/mol. The Bertz CT molecular complexity index is 3440. The van der Waals surface area contributed by atoms with Gasteiger partial charge in [0, 0.05) is 73.4 Å². The minimum absolute atomic E-state index is 0.0790. The van der Waals surface area contributed by atoms with Crippen LogP contribution in [-0.4, -0.2) is 11.6 Å². The van der Waals surface area contributed by atoms with Gasteiger partial charge >= 0.3 is 0 Å². The van der Waals surface area contributed by atoms with E-state index < -0.39 is 0 Å². The highest BCUT2D eigenvalue weighted by molar-refractivity contribution is 6.11. The summed E-state index contributed by atoms with van der Waals surface area (Å²) in [6.45, 7) is 4.26. The number of carbonyl (C=O) groups excluding carboxylic acids is 2. The summed E-state index contributed by atoms with van der Waals surface area (Å²) in [6.07, 6.45) is 0. The fourth-order valence-corrected chi connectivity index (χ4v) is 9.96. The van der Waals surface area contributed by atoms with E-state index in [9.17, 15) is 9.59 Å². The molecule has 0 aliphatic heterocycles. The van der Waals surface area contributed by atoms with Crippen molar-refractivity contribution in [1.82, 2.24) is 0 Å². The molecular formula is C70H53N3O2. The molecule has 0 aromatic heterocycles. The van der Waals surface area contributed by atoms with Gasteiger partial charge in [0.2, 0.25) is 0 Å². The maximum atomic E-state index is 14.3. The van der Waals surface area contributed by atoms with Crippen LogP contribution in [0.3, 0.4) is 0 Å². The Morgan fingerprint density at radius 2 is 0.507 bits per heavy atom. The second kappa shape index (κ2) is 21.5. The number of nitrogens with zero attached hydrogens (tertiary/aromatic N) is 3. The molecule has 0 saturated heterocycles. The highest BCUT2D eigenvalue weighted by Gasteiger charge is 2.20. The van der Waals surface area contributed by atoms with Crippen LogP contribution in [0.1, 0.15) is 43.0 Å². The van der Waals surface area contributed by atoms with Gasteiger partial charge in [-0.3, -0.25) is 9.59 Å². The molecule has 11 rings (SSSR count). The summed E-state index contributed by atoms with van der Waals surface area (Å²) in [5, 5.41) is 0. The zero-order valence-corrected chi connectivity index (χ0v) is 41.8. The molecule has 0 atom stereocenters. The van der Waals surface area contributed by atoms with Gasteiger partial charge in [0.05, 0.1) is 0 Å². The Morgan fingerprint density at radius 1 is 0.240 bits per heavy atom. The molecule has 5 nitrogen and oxygen atoms in total. The van der Waals surface area contributed by atoms with E-state index in [0.717, 1.165) is 84.6 Å². The summed E-state index contributed by atoms with van der Waals surface area (Å²) in [5.74, 6) is -0.158. The number of anilines is 9. The first-order valence-corrected chi connectivity index (χ1v) is 25.2. The van der Waals surface area contributed by atoms with Crippen LogP contribution in [0.5, 0.6) is 0 Å². The maximum absolute atomic E-state index is 14.3. The van der Waals surface area contributed by atoms with Crippen molar-refractivity contribution in [1.29, 1.82) is 0 Å². The Morgan fingerprint density at radius 3 is 0.800 bits per heavy atom. The van der Waals surface area contributed by atoms with E-state index >= 15 is 0 Å². The van der Waals surface area contributed by atoms with Crippen molar-refractivity contribution in [3.8, 4) is 22.3 Å². The van der Waals surface area contributed by atoms with Gasteiger partial charge < -0.3 is 14.7 Å². The summed E-state index contributed by atoms with van der Waals surface area (Å²) in [5.41, 5.74) is 17.8. The van der Waals surface area contributed by atoms with E-state index in [-0.39, 0.29) is 11.6 Å². The number of hydrogen-bond acceptors (Lipinski definition) is 5. The topological polar surface area (TPSA) is 43.9 Å². The molecule has 75 heavy (non-hydrogen) atoms. The Labute approximate surface area is 439 Å². The van der Waals surface area contributed by atoms with Crippen LogP contribution >= 0.6 is 0 Å². The largest absolute Gasteiger partial charge is 0.310 e. The average Bonchev–Trinajstić information content (AvgIpc) is 3.47. The van der Waals surface area contributed by atoms with E-state index in [1.54, 1.807) is 0 Å². The van der Waals surface area contributed by atoms with Gasteiger partial charge in [0.25, 0.3) is 0 Å². The number of rotatable bonds is 15. The van der Waals surface area contributed by atoms with Crippen LogP contribution in [0.2, 0.25) is 0 Å². The first-order valence-electron chi connectivity index (χ1n) is 25.2. The number of hydrogen-bond donors (Lipinski definition) is 0. The van der Waals surface area contributed by atoms with Crippen molar-refractivity contribution in [2.75, 3.05) is 14.7 Å². The Kier molecular flexibility index (Phi) is 13.6. The lowest BCUT2D eigenvalue weighted by molar-refractivity contribution is 0.103. The maximum Gasteiger partial charge on any atom is 0.193 e. The molecule has 0 aliphatic rings. The predicted molar refractivity (Wildman–Crippen MR) is 311 cm³/mol. The van der Waals surface area contributed by atoms with E-state index in [1.807, 2.05) is 152 Å². The summed E-state index contributed by atoms with van der Waals surface area (Å²) >= 11 is 0. The number of aryl methyl sites for hydroxylation is 2. The lowest BCUT2D eigenvalue weighted by Gasteiger charge is -2.26. The van der Waals surface area contributed by atoms with E-state index in [0.29, 0.717) is 22.3 Å². The molecule has 0 aliphatic carbocycles. The number of para-hydroxylation sites is 5. The molecular weight excluding hydrogens is 915 g/mol. The number of ketones is 2. The van der Waals surface area contributed by atoms with E-state index in [2.05, 4.69) is 162 Å². The van der Waals surface area contributed by atoms with Crippen molar-refractivity contribution in [2.45, 2.75) is 13.8 Å². The van der Waals surface area contributed by atoms with Crippen LogP contribution in [0, 0.1) is 13.8 Å². The molecule has 0 unspecified atom stereocenters. The fourth-order valence-electron chi connectivity index (χ4n) is 9.96. The molecule has 0 N–H and O–H groups in total. The molecule has 0 spiro atoms. The van der Waals surface area contributed by atoms with Crippen molar-refractivity contribution in [2.24, 2.45) is 0 Å². The van der Waals surface area contributed by atoms with Crippen LogP contribution in [-0.2, 0) is 0 Å². The summed E-state index contributed by atoms with van der Waals surface area (Å²) < 4.78 is 0. The monoisotopic (exact) mass is 967 g/mol. The quantitative estimate of drug-likeness (QED) is 0.0958. The van der Waals surface area contributed by atoms with Crippen molar-refractivity contribution < 1.29 is 9.59 Å². The first kappa shape index (κ1) is 47.5. The molecule has 0 amide bonds. The smallest absolute Gasteiger partial charge is 0.193 e. The minimum Gasteiger partial charge on any atom is -0.310 e. The van der Waals surface area contributed by atoms with Gasteiger partial charge in [0.15, 0.2) is 11.6 Å². The van der Waals surface area contributed by atoms with Gasteiger partial charge in [-0.25, -0.2) is 0 Å². The second-order valence-corrected chi connectivity index (χ2v) is 18.6. The van der Waals surface area contributed by atoms with E-state index in [1.165, 1.54) is 0 Å². The fraction of sp³-hybridized carbons (Fsp3) is 0.0286. The third kappa shape index (κ3) is 10.2. The van der Waals surface area contributed by atoms with Gasteiger partial charge in [-0.2, -0.15) is 0 Å². The zero-order chi connectivity index (χ0) is 51.1. The van der Waals surface area contributed by atoms with Crippen LogP contribution < -0.4 is 14.7 Å². The molecule has 360 valence electrons. The lowest BCUT2D eigenvalue weighted by Crippen LogP contribution is -2.12. The van der Waals surface area contributed by atoms with Crippen molar-refractivity contribution in [3.63, 3.8) is 0 Å². The molecule has 0 saturated carbocycles. The number of benzene rings is 11. The summed E-state index contributed by atoms with van der Waals surface area (Å²) in [6, 6.07) is 95.9. The normalized spacial score (nSPS) is 10.9. The molecule has 0 bridgehead atoms. The second-order valence-electron chi connectivity index (χ2n) is 18.6. The molecule has 5 heteroatoms. The van der Waals surface area contributed by atoms with Crippen molar-refractivity contribution in [3.05, 3.63) is 318 Å². The highest BCUT2D eigenvalue weighted by Crippen LogP contribution is 2.40. The van der Waals surface area contributed by atoms with Gasteiger partial charge in [-0.05, 0) is 156 Å². The Hall–Kier alpha value is -9.84. The summed E-state index contributed by atoms with van der Waals surface area (Å²) in [4.78, 5) is 35.2. The van der Waals surface area contributed by atoms with Crippen LogP contribution in [0.15, 0.2) is 285 Å². The molecule has 11 aromatic carbocycles.